The average Bonchev–Trinajstić information content (AvgIpc) is 2.91. The normalized spacial score (nSPS) is 25.4. The molecule has 2 atom stereocenters. The van der Waals surface area contributed by atoms with E-state index in [-0.39, 0.29) is 5.91 Å². The van der Waals surface area contributed by atoms with Gasteiger partial charge in [0.2, 0.25) is 5.91 Å². The molecule has 108 valence electrons. The van der Waals surface area contributed by atoms with Crippen molar-refractivity contribution in [1.82, 2.24) is 10.2 Å². The molecule has 0 spiro atoms. The first-order valence-electron chi connectivity index (χ1n) is 7.40. The molecule has 2 aliphatic rings. The van der Waals surface area contributed by atoms with E-state index < -0.39 is 0 Å². The van der Waals surface area contributed by atoms with Gasteiger partial charge in [0, 0.05) is 19.1 Å². The highest BCUT2D eigenvalue weighted by molar-refractivity contribution is 5.79. The van der Waals surface area contributed by atoms with Gasteiger partial charge in [0.05, 0.1) is 13.5 Å². The Balaban J connectivity index is 1.61. The zero-order chi connectivity index (χ0) is 13.9. The lowest BCUT2D eigenvalue weighted by Crippen LogP contribution is -2.41. The number of nitrogens with zero attached hydrogens (tertiary/aromatic N) is 1. The Hall–Kier alpha value is -1.55. The Morgan fingerprint density at radius 2 is 2.35 bits per heavy atom. The fourth-order valence-corrected chi connectivity index (χ4v) is 3.32. The number of piperidine rings is 1. The van der Waals surface area contributed by atoms with E-state index in [9.17, 15) is 4.79 Å². The highest BCUT2D eigenvalue weighted by Crippen LogP contribution is 2.25. The molecule has 0 aliphatic carbocycles. The number of hydrogen-bond donors (Lipinski definition) is 1. The van der Waals surface area contributed by atoms with E-state index in [4.69, 9.17) is 4.74 Å². The number of rotatable bonds is 3. The van der Waals surface area contributed by atoms with E-state index >= 15 is 0 Å². The summed E-state index contributed by atoms with van der Waals surface area (Å²) in [5, 5.41) is 3.53. The summed E-state index contributed by atoms with van der Waals surface area (Å²) in [7, 11) is 1.65. The van der Waals surface area contributed by atoms with Crippen molar-refractivity contribution >= 4 is 5.91 Å². The number of likely N-dealkylation sites (tertiary alicyclic amines) is 1. The van der Waals surface area contributed by atoms with Crippen LogP contribution in [0.5, 0.6) is 5.75 Å². The molecule has 1 amide bonds. The molecular formula is C16H22N2O2. The van der Waals surface area contributed by atoms with Crippen molar-refractivity contribution in [2.45, 2.75) is 25.3 Å². The Morgan fingerprint density at radius 3 is 3.15 bits per heavy atom. The minimum atomic E-state index is 0.231. The minimum absolute atomic E-state index is 0.231. The standard InChI is InChI=1S/C16H22N2O2/c1-20-14-6-2-4-12(8-14)9-16(19)18-10-13-5-3-7-17-15(13)11-18/h2,4,6,8,13,15,17H,3,5,7,9-11H2,1H3. The number of nitrogens with one attached hydrogen (secondary N) is 1. The van der Waals surface area contributed by atoms with Gasteiger partial charge in [-0.15, -0.1) is 0 Å². The fourth-order valence-electron chi connectivity index (χ4n) is 3.32. The summed E-state index contributed by atoms with van der Waals surface area (Å²) < 4.78 is 5.20. The lowest BCUT2D eigenvalue weighted by molar-refractivity contribution is -0.129. The molecule has 20 heavy (non-hydrogen) atoms. The second-order valence-corrected chi connectivity index (χ2v) is 5.79. The maximum atomic E-state index is 12.4. The molecule has 4 nitrogen and oxygen atoms in total. The molecule has 0 radical (unpaired) electrons. The predicted molar refractivity (Wildman–Crippen MR) is 77.8 cm³/mol. The van der Waals surface area contributed by atoms with Crippen molar-refractivity contribution in [3.63, 3.8) is 0 Å². The van der Waals surface area contributed by atoms with Gasteiger partial charge in [-0.05, 0) is 43.0 Å². The highest BCUT2D eigenvalue weighted by Gasteiger charge is 2.36. The molecule has 1 N–H and O–H groups in total. The molecule has 2 saturated heterocycles. The van der Waals surface area contributed by atoms with Crippen LogP contribution in [0.4, 0.5) is 0 Å². The van der Waals surface area contributed by atoms with Crippen molar-refractivity contribution in [3.05, 3.63) is 29.8 Å². The van der Waals surface area contributed by atoms with Crippen LogP contribution in [-0.2, 0) is 11.2 Å². The van der Waals surface area contributed by atoms with E-state index in [2.05, 4.69) is 5.32 Å². The van der Waals surface area contributed by atoms with Crippen LogP contribution in [0, 0.1) is 5.92 Å². The van der Waals surface area contributed by atoms with E-state index in [1.54, 1.807) is 7.11 Å². The van der Waals surface area contributed by atoms with Crippen molar-refractivity contribution in [2.75, 3.05) is 26.7 Å². The highest BCUT2D eigenvalue weighted by atomic mass is 16.5. The SMILES string of the molecule is COc1cccc(CC(=O)N2CC3CCCNC3C2)c1. The summed E-state index contributed by atoms with van der Waals surface area (Å²) in [6.07, 6.45) is 2.95. The van der Waals surface area contributed by atoms with E-state index in [0.717, 1.165) is 30.9 Å². The number of carbonyl (C=O) groups is 1. The monoisotopic (exact) mass is 274 g/mol. The topological polar surface area (TPSA) is 41.6 Å². The van der Waals surface area contributed by atoms with E-state index in [0.29, 0.717) is 18.4 Å². The largest absolute Gasteiger partial charge is 0.497 e. The van der Waals surface area contributed by atoms with Gasteiger partial charge in [0.25, 0.3) is 0 Å². The molecule has 2 aliphatic heterocycles. The summed E-state index contributed by atoms with van der Waals surface area (Å²) >= 11 is 0. The molecule has 2 unspecified atom stereocenters. The molecule has 2 fully saturated rings. The van der Waals surface area contributed by atoms with Gasteiger partial charge in [-0.25, -0.2) is 0 Å². The Bertz CT molecular complexity index is 475. The lowest BCUT2D eigenvalue weighted by atomic mass is 9.94. The van der Waals surface area contributed by atoms with Crippen molar-refractivity contribution < 1.29 is 9.53 Å². The van der Waals surface area contributed by atoms with Crippen LogP contribution in [0.25, 0.3) is 0 Å². The molecule has 2 heterocycles. The summed E-state index contributed by atoms with van der Waals surface area (Å²) in [5.74, 6) is 1.69. The van der Waals surface area contributed by atoms with Crippen LogP contribution in [0.3, 0.4) is 0 Å². The number of fused-ring (bicyclic) bond motifs is 1. The Labute approximate surface area is 120 Å². The van der Waals surface area contributed by atoms with Crippen LogP contribution in [0.2, 0.25) is 0 Å². The van der Waals surface area contributed by atoms with Crippen LogP contribution in [-0.4, -0.2) is 43.6 Å². The van der Waals surface area contributed by atoms with Crippen LogP contribution in [0.1, 0.15) is 18.4 Å². The van der Waals surface area contributed by atoms with Gasteiger partial charge in [-0.2, -0.15) is 0 Å². The summed E-state index contributed by atoms with van der Waals surface area (Å²) in [6, 6.07) is 8.29. The molecule has 4 heteroatoms. The lowest BCUT2D eigenvalue weighted by Gasteiger charge is -2.24. The van der Waals surface area contributed by atoms with Crippen LogP contribution in [0.15, 0.2) is 24.3 Å². The first kappa shape index (κ1) is 13.4. The zero-order valence-corrected chi connectivity index (χ0v) is 12.0. The molecule has 0 bridgehead atoms. The summed E-state index contributed by atoms with van der Waals surface area (Å²) in [6.45, 7) is 2.88. The zero-order valence-electron chi connectivity index (χ0n) is 12.0. The predicted octanol–water partition coefficient (Wildman–Crippen LogP) is 1.45. The number of methoxy groups -OCH3 is 1. The third-order valence-corrected chi connectivity index (χ3v) is 4.44. The number of carbonyl (C=O) groups excluding carboxylic acids is 1. The average molecular weight is 274 g/mol. The number of amides is 1. The van der Waals surface area contributed by atoms with Crippen molar-refractivity contribution in [3.8, 4) is 5.75 Å². The molecule has 1 aromatic rings. The maximum absolute atomic E-state index is 12.4. The molecule has 1 aromatic carbocycles. The Kier molecular flexibility index (Phi) is 3.92. The molecule has 0 saturated carbocycles. The van der Waals surface area contributed by atoms with Gasteiger partial charge in [0.15, 0.2) is 0 Å². The molecule has 0 aromatic heterocycles. The summed E-state index contributed by atoms with van der Waals surface area (Å²) in [4.78, 5) is 14.4. The third-order valence-electron chi connectivity index (χ3n) is 4.44. The van der Waals surface area contributed by atoms with Gasteiger partial charge >= 0.3 is 0 Å². The van der Waals surface area contributed by atoms with Gasteiger partial charge in [0.1, 0.15) is 5.75 Å². The second-order valence-electron chi connectivity index (χ2n) is 5.79. The van der Waals surface area contributed by atoms with Crippen LogP contribution < -0.4 is 10.1 Å². The first-order chi connectivity index (χ1) is 9.76. The minimum Gasteiger partial charge on any atom is -0.497 e. The van der Waals surface area contributed by atoms with Crippen molar-refractivity contribution in [2.24, 2.45) is 5.92 Å². The van der Waals surface area contributed by atoms with Gasteiger partial charge in [-0.3, -0.25) is 4.79 Å². The second kappa shape index (κ2) is 5.83. The maximum Gasteiger partial charge on any atom is 0.227 e. The summed E-state index contributed by atoms with van der Waals surface area (Å²) in [5.41, 5.74) is 1.03. The molecular weight excluding hydrogens is 252 g/mol. The number of benzene rings is 1. The van der Waals surface area contributed by atoms with Crippen molar-refractivity contribution in [1.29, 1.82) is 0 Å². The van der Waals surface area contributed by atoms with Crippen LogP contribution >= 0.6 is 0 Å². The smallest absolute Gasteiger partial charge is 0.227 e. The first-order valence-corrected chi connectivity index (χ1v) is 7.40. The fraction of sp³-hybridized carbons (Fsp3) is 0.562. The quantitative estimate of drug-likeness (QED) is 0.907. The number of hydrogen-bond acceptors (Lipinski definition) is 3. The number of ether oxygens (including phenoxy) is 1. The van der Waals surface area contributed by atoms with Gasteiger partial charge in [-0.1, -0.05) is 12.1 Å². The van der Waals surface area contributed by atoms with Gasteiger partial charge < -0.3 is 15.0 Å². The third kappa shape index (κ3) is 2.80. The van der Waals surface area contributed by atoms with E-state index in [1.807, 2.05) is 29.2 Å². The van der Waals surface area contributed by atoms with E-state index in [1.165, 1.54) is 12.8 Å². The Morgan fingerprint density at radius 1 is 1.45 bits per heavy atom. The molecule has 3 rings (SSSR count).